The fourth-order valence-electron chi connectivity index (χ4n) is 3.18. The number of hydrogen-bond donors (Lipinski definition) is 1. The molecule has 0 bridgehead atoms. The molecule has 0 spiro atoms. The van der Waals surface area contributed by atoms with Gasteiger partial charge < -0.3 is 20.3 Å². The molecule has 0 aromatic carbocycles. The molecular formula is C16H33N3O2. The molecule has 0 heterocycles. The minimum absolute atomic E-state index is 0.206. The molecule has 21 heavy (non-hydrogen) atoms. The van der Waals surface area contributed by atoms with Crippen molar-refractivity contribution >= 4 is 5.97 Å². The standard InChI is InChI=1S/C16H33N3O2/c1-5-21-15(20)16(17)10-6-8-14(16)9-13-19(4)12-7-11-18(2)3/h14H,5-13,17H2,1-4H3. The summed E-state index contributed by atoms with van der Waals surface area (Å²) >= 11 is 0. The normalized spacial score (nSPS) is 25.8. The highest BCUT2D eigenvalue weighted by atomic mass is 16.5. The van der Waals surface area contributed by atoms with E-state index < -0.39 is 5.54 Å². The lowest BCUT2D eigenvalue weighted by Crippen LogP contribution is -2.52. The summed E-state index contributed by atoms with van der Waals surface area (Å²) in [7, 11) is 6.34. The van der Waals surface area contributed by atoms with Crippen molar-refractivity contribution in [3.8, 4) is 0 Å². The van der Waals surface area contributed by atoms with Gasteiger partial charge in [-0.2, -0.15) is 0 Å². The third kappa shape index (κ3) is 5.57. The Kier molecular flexibility index (Phi) is 7.63. The van der Waals surface area contributed by atoms with Crippen LogP contribution in [-0.4, -0.2) is 68.7 Å². The van der Waals surface area contributed by atoms with E-state index in [1.54, 1.807) is 0 Å². The summed E-state index contributed by atoms with van der Waals surface area (Å²) in [5, 5.41) is 0. The van der Waals surface area contributed by atoms with Crippen LogP contribution >= 0.6 is 0 Å². The Balaban J connectivity index is 2.37. The van der Waals surface area contributed by atoms with Crippen LogP contribution in [0.2, 0.25) is 0 Å². The van der Waals surface area contributed by atoms with Crippen molar-refractivity contribution in [3.05, 3.63) is 0 Å². The zero-order chi connectivity index (χ0) is 15.9. The summed E-state index contributed by atoms with van der Waals surface area (Å²) in [5.74, 6) is 0.0515. The van der Waals surface area contributed by atoms with Gasteiger partial charge in [0.25, 0.3) is 0 Å². The Morgan fingerprint density at radius 2 is 2.00 bits per heavy atom. The molecule has 2 N–H and O–H groups in total. The summed E-state index contributed by atoms with van der Waals surface area (Å²) < 4.78 is 5.17. The maximum atomic E-state index is 12.1. The molecular weight excluding hydrogens is 266 g/mol. The van der Waals surface area contributed by atoms with E-state index in [0.29, 0.717) is 6.61 Å². The predicted octanol–water partition coefficient (Wildman–Crippen LogP) is 1.32. The highest BCUT2D eigenvalue weighted by Gasteiger charge is 2.46. The summed E-state index contributed by atoms with van der Waals surface area (Å²) in [6.07, 6.45) is 4.99. The summed E-state index contributed by atoms with van der Waals surface area (Å²) in [6, 6.07) is 0. The van der Waals surface area contributed by atoms with Crippen LogP contribution in [-0.2, 0) is 9.53 Å². The first-order chi connectivity index (χ1) is 9.90. The van der Waals surface area contributed by atoms with Crippen molar-refractivity contribution in [2.24, 2.45) is 11.7 Å². The second-order valence-electron chi connectivity index (χ2n) is 6.60. The predicted molar refractivity (Wildman–Crippen MR) is 86.2 cm³/mol. The smallest absolute Gasteiger partial charge is 0.326 e. The van der Waals surface area contributed by atoms with Crippen LogP contribution in [0.25, 0.3) is 0 Å². The second kappa shape index (κ2) is 8.71. The molecule has 1 saturated carbocycles. The van der Waals surface area contributed by atoms with Crippen LogP contribution in [0.3, 0.4) is 0 Å². The van der Waals surface area contributed by atoms with Gasteiger partial charge in [-0.05, 0) is 79.3 Å². The number of hydrogen-bond acceptors (Lipinski definition) is 5. The van der Waals surface area contributed by atoms with Crippen molar-refractivity contribution in [1.29, 1.82) is 0 Å². The van der Waals surface area contributed by atoms with Crippen molar-refractivity contribution in [2.75, 3.05) is 47.4 Å². The molecule has 124 valence electrons. The monoisotopic (exact) mass is 299 g/mol. The number of nitrogens with two attached hydrogens (primary N) is 1. The molecule has 0 amide bonds. The lowest BCUT2D eigenvalue weighted by molar-refractivity contribution is -0.151. The Labute approximate surface area is 129 Å². The van der Waals surface area contributed by atoms with E-state index in [9.17, 15) is 4.79 Å². The van der Waals surface area contributed by atoms with Crippen LogP contribution in [0.1, 0.15) is 39.0 Å². The van der Waals surface area contributed by atoms with Gasteiger partial charge in [0, 0.05) is 0 Å². The summed E-state index contributed by atoms with van der Waals surface area (Å²) in [5.41, 5.74) is 5.61. The molecule has 1 aliphatic carbocycles. The zero-order valence-electron chi connectivity index (χ0n) is 14.2. The third-order valence-corrected chi connectivity index (χ3v) is 4.53. The first kappa shape index (κ1) is 18.4. The first-order valence-electron chi connectivity index (χ1n) is 8.19. The number of rotatable bonds is 9. The molecule has 0 aromatic rings. The van der Waals surface area contributed by atoms with Crippen LogP contribution in [0, 0.1) is 5.92 Å². The molecule has 5 nitrogen and oxygen atoms in total. The fraction of sp³-hybridized carbons (Fsp3) is 0.938. The van der Waals surface area contributed by atoms with Crippen molar-refractivity contribution < 1.29 is 9.53 Å². The minimum Gasteiger partial charge on any atom is -0.465 e. The molecule has 1 rings (SSSR count). The molecule has 2 atom stereocenters. The average Bonchev–Trinajstić information content (AvgIpc) is 2.79. The van der Waals surface area contributed by atoms with E-state index in [0.717, 1.165) is 45.3 Å². The number of esters is 1. The molecule has 0 radical (unpaired) electrons. The van der Waals surface area contributed by atoms with E-state index in [1.807, 2.05) is 6.92 Å². The maximum absolute atomic E-state index is 12.1. The summed E-state index contributed by atoms with van der Waals surface area (Å²) in [4.78, 5) is 16.6. The number of carbonyl (C=O) groups is 1. The van der Waals surface area contributed by atoms with Gasteiger partial charge in [-0.1, -0.05) is 6.42 Å². The van der Waals surface area contributed by atoms with E-state index in [2.05, 4.69) is 30.9 Å². The van der Waals surface area contributed by atoms with Crippen LogP contribution in [0.15, 0.2) is 0 Å². The molecule has 1 fully saturated rings. The topological polar surface area (TPSA) is 58.8 Å². The number of carbonyl (C=O) groups excluding carboxylic acids is 1. The first-order valence-corrected chi connectivity index (χ1v) is 8.19. The minimum atomic E-state index is -0.750. The number of ether oxygens (including phenoxy) is 1. The fourth-order valence-corrected chi connectivity index (χ4v) is 3.18. The van der Waals surface area contributed by atoms with E-state index >= 15 is 0 Å². The largest absolute Gasteiger partial charge is 0.465 e. The Hall–Kier alpha value is -0.650. The van der Waals surface area contributed by atoms with Gasteiger partial charge in [0.1, 0.15) is 5.54 Å². The molecule has 0 aliphatic heterocycles. The van der Waals surface area contributed by atoms with E-state index in [-0.39, 0.29) is 11.9 Å². The highest BCUT2D eigenvalue weighted by Crippen LogP contribution is 2.37. The quantitative estimate of drug-likeness (QED) is 0.651. The summed E-state index contributed by atoms with van der Waals surface area (Å²) in [6.45, 7) is 5.44. The lowest BCUT2D eigenvalue weighted by atomic mass is 9.85. The molecule has 1 aliphatic rings. The number of nitrogens with zero attached hydrogens (tertiary/aromatic N) is 2. The SMILES string of the molecule is CCOC(=O)C1(N)CCCC1CCN(C)CCCN(C)C. The molecule has 2 unspecified atom stereocenters. The van der Waals surface area contributed by atoms with Crippen molar-refractivity contribution in [1.82, 2.24) is 9.80 Å². The van der Waals surface area contributed by atoms with Crippen LogP contribution < -0.4 is 5.73 Å². The van der Waals surface area contributed by atoms with Gasteiger partial charge in [0.15, 0.2) is 0 Å². The zero-order valence-corrected chi connectivity index (χ0v) is 14.2. The van der Waals surface area contributed by atoms with Crippen molar-refractivity contribution in [3.63, 3.8) is 0 Å². The lowest BCUT2D eigenvalue weighted by Gasteiger charge is -2.30. The Morgan fingerprint density at radius 1 is 1.29 bits per heavy atom. The van der Waals surface area contributed by atoms with Gasteiger partial charge in [-0.15, -0.1) is 0 Å². The maximum Gasteiger partial charge on any atom is 0.326 e. The molecule has 0 aromatic heterocycles. The van der Waals surface area contributed by atoms with Gasteiger partial charge in [-0.3, -0.25) is 4.79 Å². The molecule has 0 saturated heterocycles. The van der Waals surface area contributed by atoms with Crippen LogP contribution in [0.4, 0.5) is 0 Å². The Morgan fingerprint density at radius 3 is 2.62 bits per heavy atom. The third-order valence-electron chi connectivity index (χ3n) is 4.53. The second-order valence-corrected chi connectivity index (χ2v) is 6.60. The van der Waals surface area contributed by atoms with Gasteiger partial charge in [0.2, 0.25) is 0 Å². The Bertz CT molecular complexity index is 323. The van der Waals surface area contributed by atoms with Gasteiger partial charge >= 0.3 is 5.97 Å². The average molecular weight is 299 g/mol. The van der Waals surface area contributed by atoms with E-state index in [1.165, 1.54) is 6.42 Å². The molecule has 5 heteroatoms. The van der Waals surface area contributed by atoms with Gasteiger partial charge in [0.05, 0.1) is 6.61 Å². The van der Waals surface area contributed by atoms with E-state index in [4.69, 9.17) is 10.5 Å². The van der Waals surface area contributed by atoms with Crippen molar-refractivity contribution in [2.45, 2.75) is 44.6 Å². The highest BCUT2D eigenvalue weighted by molar-refractivity contribution is 5.81. The van der Waals surface area contributed by atoms with Gasteiger partial charge in [-0.25, -0.2) is 0 Å². The van der Waals surface area contributed by atoms with Crippen LogP contribution in [0.5, 0.6) is 0 Å².